The Hall–Kier alpha value is -3.51. The Balaban J connectivity index is 1.95. The second-order valence-electron chi connectivity index (χ2n) is 6.86. The molecule has 3 aromatic rings. The lowest BCUT2D eigenvalue weighted by atomic mass is 9.97. The van der Waals surface area contributed by atoms with Crippen LogP contribution in [0.15, 0.2) is 70.9 Å². The largest absolute Gasteiger partial charge is 0.507 e. The number of anilines is 1. The Morgan fingerprint density at radius 3 is 2.50 bits per heavy atom. The number of hydrogen-bond acceptors (Lipinski definition) is 5. The van der Waals surface area contributed by atoms with E-state index in [9.17, 15) is 14.7 Å². The molecule has 30 heavy (non-hydrogen) atoms. The quantitative estimate of drug-likeness (QED) is 0.367. The van der Waals surface area contributed by atoms with Gasteiger partial charge in [-0.15, -0.1) is 0 Å². The fourth-order valence-electron chi connectivity index (χ4n) is 3.57. The number of carbonyl (C=O) groups is 2. The van der Waals surface area contributed by atoms with Gasteiger partial charge in [0.05, 0.1) is 24.5 Å². The molecule has 2 heterocycles. The van der Waals surface area contributed by atoms with Gasteiger partial charge in [0.2, 0.25) is 0 Å². The summed E-state index contributed by atoms with van der Waals surface area (Å²) in [6, 6.07) is 14.1. The Morgan fingerprint density at radius 1 is 1.13 bits per heavy atom. The van der Waals surface area contributed by atoms with Crippen LogP contribution in [0, 0.1) is 6.92 Å². The van der Waals surface area contributed by atoms with E-state index in [1.165, 1.54) is 18.3 Å². The van der Waals surface area contributed by atoms with E-state index < -0.39 is 17.7 Å². The van der Waals surface area contributed by atoms with E-state index in [-0.39, 0.29) is 11.3 Å². The maximum absolute atomic E-state index is 13.0. The Labute approximate surface area is 177 Å². The molecule has 1 aliphatic rings. The summed E-state index contributed by atoms with van der Waals surface area (Å²) in [6.07, 6.45) is 1.45. The highest BCUT2D eigenvalue weighted by molar-refractivity contribution is 6.51. The zero-order valence-corrected chi connectivity index (χ0v) is 17.0. The molecule has 4 rings (SSSR count). The van der Waals surface area contributed by atoms with Crippen molar-refractivity contribution in [2.75, 3.05) is 12.0 Å². The van der Waals surface area contributed by atoms with Crippen molar-refractivity contribution in [2.45, 2.75) is 13.0 Å². The van der Waals surface area contributed by atoms with E-state index in [1.807, 2.05) is 13.0 Å². The molecule has 1 saturated heterocycles. The van der Waals surface area contributed by atoms with Gasteiger partial charge in [-0.3, -0.25) is 14.5 Å². The van der Waals surface area contributed by atoms with Crippen molar-refractivity contribution in [3.05, 3.63) is 88.3 Å². The van der Waals surface area contributed by atoms with Gasteiger partial charge in [-0.1, -0.05) is 23.2 Å². The van der Waals surface area contributed by atoms with Crippen LogP contribution in [-0.4, -0.2) is 23.9 Å². The molecule has 1 aliphatic heterocycles. The standard InChI is InChI=1S/C23H18ClNO5/c1-13-5-10-17(29-2)16(12-13)21(26)19-20(18-4-3-11-30-18)25(23(28)22(19)27)15-8-6-14(24)7-9-15/h3-12,20,26H,1-2H3/b21-19-. The lowest BCUT2D eigenvalue weighted by Crippen LogP contribution is -2.29. The molecule has 0 radical (unpaired) electrons. The van der Waals surface area contributed by atoms with Gasteiger partial charge in [-0.05, 0) is 55.5 Å². The third kappa shape index (κ3) is 3.25. The molecule has 0 aliphatic carbocycles. The number of rotatable bonds is 4. The van der Waals surface area contributed by atoms with Crippen molar-refractivity contribution < 1.29 is 23.8 Å². The molecule has 1 amide bonds. The van der Waals surface area contributed by atoms with Gasteiger partial charge < -0.3 is 14.3 Å². The molecule has 1 N–H and O–H groups in total. The average Bonchev–Trinajstić information content (AvgIpc) is 3.35. The minimum absolute atomic E-state index is 0.0752. The Bertz CT molecular complexity index is 1150. The van der Waals surface area contributed by atoms with Crippen LogP contribution in [0.25, 0.3) is 5.76 Å². The van der Waals surface area contributed by atoms with Gasteiger partial charge in [0.15, 0.2) is 0 Å². The van der Waals surface area contributed by atoms with Gasteiger partial charge in [-0.2, -0.15) is 0 Å². The summed E-state index contributed by atoms with van der Waals surface area (Å²) in [6.45, 7) is 1.85. The average molecular weight is 424 g/mol. The van der Waals surface area contributed by atoms with Crippen molar-refractivity contribution in [1.29, 1.82) is 0 Å². The third-order valence-electron chi connectivity index (χ3n) is 4.97. The number of benzene rings is 2. The van der Waals surface area contributed by atoms with Crippen molar-refractivity contribution in [2.24, 2.45) is 0 Å². The van der Waals surface area contributed by atoms with Crippen LogP contribution in [0.3, 0.4) is 0 Å². The molecule has 1 unspecified atom stereocenters. The zero-order valence-electron chi connectivity index (χ0n) is 16.3. The number of amides is 1. The summed E-state index contributed by atoms with van der Waals surface area (Å²) in [4.78, 5) is 27.3. The second-order valence-corrected chi connectivity index (χ2v) is 7.30. The molecule has 1 atom stereocenters. The number of nitrogens with zero attached hydrogens (tertiary/aromatic N) is 1. The maximum atomic E-state index is 13.0. The summed E-state index contributed by atoms with van der Waals surface area (Å²) in [5.41, 5.74) is 1.56. The van der Waals surface area contributed by atoms with E-state index in [0.717, 1.165) is 5.56 Å². The van der Waals surface area contributed by atoms with Gasteiger partial charge in [0, 0.05) is 10.7 Å². The van der Waals surface area contributed by atoms with Gasteiger partial charge in [0.25, 0.3) is 11.7 Å². The van der Waals surface area contributed by atoms with E-state index in [0.29, 0.717) is 27.8 Å². The maximum Gasteiger partial charge on any atom is 0.300 e. The highest BCUT2D eigenvalue weighted by Crippen LogP contribution is 2.43. The van der Waals surface area contributed by atoms with E-state index in [2.05, 4.69) is 0 Å². The smallest absolute Gasteiger partial charge is 0.300 e. The first-order chi connectivity index (χ1) is 14.4. The molecule has 1 fully saturated rings. The summed E-state index contributed by atoms with van der Waals surface area (Å²) in [5, 5.41) is 11.7. The fraction of sp³-hybridized carbons (Fsp3) is 0.130. The summed E-state index contributed by atoms with van der Waals surface area (Å²) in [7, 11) is 1.47. The van der Waals surface area contributed by atoms with Gasteiger partial charge >= 0.3 is 0 Å². The third-order valence-corrected chi connectivity index (χ3v) is 5.22. The number of Topliss-reactive ketones (excluding diaryl/α,β-unsaturated/α-hetero) is 1. The van der Waals surface area contributed by atoms with Crippen LogP contribution < -0.4 is 9.64 Å². The first-order valence-corrected chi connectivity index (χ1v) is 9.55. The van der Waals surface area contributed by atoms with Crippen molar-refractivity contribution in [3.63, 3.8) is 0 Å². The first-order valence-electron chi connectivity index (χ1n) is 9.17. The lowest BCUT2D eigenvalue weighted by molar-refractivity contribution is -0.132. The van der Waals surface area contributed by atoms with Crippen LogP contribution in [0.4, 0.5) is 5.69 Å². The number of hydrogen-bond donors (Lipinski definition) is 1. The molecule has 0 saturated carbocycles. The second kappa shape index (κ2) is 7.72. The number of halogens is 1. The number of aliphatic hydroxyl groups is 1. The number of ketones is 1. The summed E-state index contributed by atoms with van der Waals surface area (Å²) >= 11 is 5.97. The number of ether oxygens (including phenoxy) is 1. The highest BCUT2D eigenvalue weighted by atomic mass is 35.5. The fourth-order valence-corrected chi connectivity index (χ4v) is 3.69. The minimum atomic E-state index is -0.939. The molecular weight excluding hydrogens is 406 g/mol. The molecule has 0 spiro atoms. The molecule has 0 bridgehead atoms. The van der Waals surface area contributed by atoms with Crippen LogP contribution in [0.5, 0.6) is 5.75 Å². The molecule has 152 valence electrons. The summed E-state index contributed by atoms with van der Waals surface area (Å²) in [5.74, 6) is -1.18. The van der Waals surface area contributed by atoms with Crippen LogP contribution in [0.2, 0.25) is 5.02 Å². The normalized spacial score (nSPS) is 18.1. The summed E-state index contributed by atoms with van der Waals surface area (Å²) < 4.78 is 10.9. The number of aliphatic hydroxyl groups excluding tert-OH is 1. The molecule has 1 aromatic heterocycles. The number of aryl methyl sites for hydroxylation is 1. The lowest BCUT2D eigenvalue weighted by Gasteiger charge is -2.23. The van der Waals surface area contributed by atoms with Crippen molar-refractivity contribution in [3.8, 4) is 5.75 Å². The van der Waals surface area contributed by atoms with Crippen molar-refractivity contribution in [1.82, 2.24) is 0 Å². The van der Waals surface area contributed by atoms with Crippen LogP contribution in [0.1, 0.15) is 22.9 Å². The van der Waals surface area contributed by atoms with E-state index >= 15 is 0 Å². The molecule has 2 aromatic carbocycles. The van der Waals surface area contributed by atoms with Crippen LogP contribution >= 0.6 is 11.6 Å². The Morgan fingerprint density at radius 2 is 1.87 bits per heavy atom. The van der Waals surface area contributed by atoms with E-state index in [4.69, 9.17) is 20.8 Å². The molecule has 6 nitrogen and oxygen atoms in total. The highest BCUT2D eigenvalue weighted by Gasteiger charge is 2.48. The predicted octanol–water partition coefficient (Wildman–Crippen LogP) is 4.88. The van der Waals surface area contributed by atoms with Gasteiger partial charge in [0.1, 0.15) is 23.3 Å². The monoisotopic (exact) mass is 423 g/mol. The predicted molar refractivity (Wildman–Crippen MR) is 113 cm³/mol. The topological polar surface area (TPSA) is 80.0 Å². The molecule has 7 heteroatoms. The van der Waals surface area contributed by atoms with Gasteiger partial charge in [-0.25, -0.2) is 0 Å². The zero-order chi connectivity index (χ0) is 21.4. The SMILES string of the molecule is COc1ccc(C)cc1/C(O)=C1/C(=O)C(=O)N(c2ccc(Cl)cc2)C1c1ccco1. The minimum Gasteiger partial charge on any atom is -0.507 e. The van der Waals surface area contributed by atoms with E-state index in [1.54, 1.807) is 48.5 Å². The molecular formula is C23H18ClNO5. The first kappa shape index (κ1) is 19.8. The van der Waals surface area contributed by atoms with Crippen LogP contribution in [-0.2, 0) is 9.59 Å². The van der Waals surface area contributed by atoms with Crippen molar-refractivity contribution >= 4 is 34.7 Å². The number of methoxy groups -OCH3 is 1. The Kier molecular flexibility index (Phi) is 5.10. The number of carbonyl (C=O) groups excluding carboxylic acids is 2. The number of furan rings is 1.